The number of oxazole rings is 1. The molecule has 0 N–H and O–H groups in total. The molecule has 5 rings (SSSR count). The topological polar surface area (TPSA) is 61.0 Å². The van der Waals surface area contributed by atoms with E-state index in [9.17, 15) is 0 Å². The van der Waals surface area contributed by atoms with E-state index in [-0.39, 0.29) is 5.41 Å². The summed E-state index contributed by atoms with van der Waals surface area (Å²) in [6.45, 7) is 2.50. The molecule has 30 heavy (non-hydrogen) atoms. The lowest BCUT2D eigenvalue weighted by atomic mass is 9.60. The predicted octanol–water partition coefficient (Wildman–Crippen LogP) is 5.49. The van der Waals surface area contributed by atoms with Gasteiger partial charge in [-0.05, 0) is 49.1 Å². The molecule has 5 nitrogen and oxygen atoms in total. The molecular weight excluding hydrogens is 374 g/mol. The van der Waals surface area contributed by atoms with Crippen LogP contribution in [-0.4, -0.2) is 15.0 Å². The Balaban J connectivity index is 1.30. The van der Waals surface area contributed by atoms with Crippen LogP contribution in [0.3, 0.4) is 0 Å². The van der Waals surface area contributed by atoms with E-state index in [1.807, 2.05) is 6.07 Å². The van der Waals surface area contributed by atoms with Crippen molar-refractivity contribution in [2.75, 3.05) is 0 Å². The van der Waals surface area contributed by atoms with Crippen LogP contribution >= 0.6 is 0 Å². The van der Waals surface area contributed by atoms with Gasteiger partial charge in [0.2, 0.25) is 0 Å². The second kappa shape index (κ2) is 7.75. The van der Waals surface area contributed by atoms with Crippen LogP contribution in [0.15, 0.2) is 77.8 Å². The summed E-state index contributed by atoms with van der Waals surface area (Å²) in [6.07, 6.45) is 8.34. The summed E-state index contributed by atoms with van der Waals surface area (Å²) in [5.41, 5.74) is 5.00. The first-order valence-electron chi connectivity index (χ1n) is 10.2. The molecule has 2 heterocycles. The Bertz CT molecular complexity index is 1120. The molecule has 1 saturated carbocycles. The molecule has 1 aliphatic carbocycles. The van der Waals surface area contributed by atoms with Gasteiger partial charge in [-0.15, -0.1) is 0 Å². The lowest BCUT2D eigenvalue weighted by Gasteiger charge is -2.43. The summed E-state index contributed by atoms with van der Waals surface area (Å²) in [6, 6.07) is 19.3. The van der Waals surface area contributed by atoms with Gasteiger partial charge in [0.1, 0.15) is 12.4 Å². The zero-order valence-electron chi connectivity index (χ0n) is 16.9. The van der Waals surface area contributed by atoms with Gasteiger partial charge in [-0.25, -0.2) is 15.0 Å². The third kappa shape index (κ3) is 3.47. The van der Waals surface area contributed by atoms with Crippen molar-refractivity contribution in [3.05, 3.63) is 95.8 Å². The summed E-state index contributed by atoms with van der Waals surface area (Å²) in [4.78, 5) is 12.6. The summed E-state index contributed by atoms with van der Waals surface area (Å²) in [7, 11) is 0. The van der Waals surface area contributed by atoms with E-state index in [1.165, 1.54) is 42.3 Å². The van der Waals surface area contributed by atoms with Gasteiger partial charge in [-0.1, -0.05) is 48.4 Å². The van der Waals surface area contributed by atoms with Crippen LogP contribution in [0.5, 0.6) is 5.75 Å². The third-order valence-corrected chi connectivity index (χ3v) is 5.97. The Morgan fingerprint density at radius 3 is 2.33 bits per heavy atom. The van der Waals surface area contributed by atoms with Crippen molar-refractivity contribution in [2.24, 2.45) is 0 Å². The average molecular weight is 397 g/mol. The molecule has 0 aliphatic heterocycles. The molecule has 2 aromatic carbocycles. The molecule has 0 spiro atoms. The number of rotatable bonds is 6. The van der Waals surface area contributed by atoms with Gasteiger partial charge in [0.15, 0.2) is 18.0 Å². The van der Waals surface area contributed by atoms with Gasteiger partial charge >= 0.3 is 0 Å². The van der Waals surface area contributed by atoms with Crippen molar-refractivity contribution in [1.29, 1.82) is 0 Å². The van der Waals surface area contributed by atoms with E-state index >= 15 is 0 Å². The summed E-state index contributed by atoms with van der Waals surface area (Å²) >= 11 is 0. The normalized spacial score (nSPS) is 14.8. The maximum atomic E-state index is 5.97. The van der Waals surface area contributed by atoms with Crippen molar-refractivity contribution < 1.29 is 9.15 Å². The highest BCUT2D eigenvalue weighted by Crippen LogP contribution is 2.49. The van der Waals surface area contributed by atoms with E-state index in [0.29, 0.717) is 18.2 Å². The molecule has 0 amide bonds. The van der Waals surface area contributed by atoms with Crippen LogP contribution in [0.4, 0.5) is 0 Å². The fourth-order valence-electron chi connectivity index (χ4n) is 4.10. The van der Waals surface area contributed by atoms with E-state index < -0.39 is 0 Å². The van der Waals surface area contributed by atoms with Crippen molar-refractivity contribution in [3.63, 3.8) is 0 Å². The molecule has 2 aromatic heterocycles. The van der Waals surface area contributed by atoms with Gasteiger partial charge < -0.3 is 9.15 Å². The van der Waals surface area contributed by atoms with Crippen LogP contribution in [0.1, 0.15) is 41.6 Å². The molecule has 0 atom stereocenters. The van der Waals surface area contributed by atoms with Gasteiger partial charge in [0.05, 0.1) is 11.9 Å². The van der Waals surface area contributed by atoms with E-state index in [4.69, 9.17) is 9.15 Å². The smallest absolute Gasteiger partial charge is 0.197 e. The predicted molar refractivity (Wildman–Crippen MR) is 114 cm³/mol. The van der Waals surface area contributed by atoms with Gasteiger partial charge in [-0.2, -0.15) is 0 Å². The van der Waals surface area contributed by atoms with Crippen LogP contribution in [0.2, 0.25) is 0 Å². The monoisotopic (exact) mass is 397 g/mol. The quantitative estimate of drug-likeness (QED) is 0.431. The Morgan fingerprint density at radius 2 is 1.70 bits per heavy atom. The second-order valence-corrected chi connectivity index (χ2v) is 7.85. The Morgan fingerprint density at radius 1 is 0.967 bits per heavy atom. The number of aryl methyl sites for hydroxylation is 1. The Hall–Kier alpha value is -3.47. The minimum Gasteiger partial charge on any atom is -0.487 e. The highest BCUT2D eigenvalue weighted by molar-refractivity contribution is 5.45. The maximum absolute atomic E-state index is 5.97. The van der Waals surface area contributed by atoms with E-state index in [1.54, 1.807) is 12.4 Å². The highest BCUT2D eigenvalue weighted by Gasteiger charge is 2.40. The SMILES string of the molecule is Cc1ccc(C2(c3ccc(OCc4ccnc(-c5cnco5)n4)cc3)CCC2)cc1. The van der Waals surface area contributed by atoms with Gasteiger partial charge in [0.25, 0.3) is 0 Å². The molecule has 1 fully saturated rings. The number of ether oxygens (including phenoxy) is 1. The molecule has 0 radical (unpaired) electrons. The van der Waals surface area contributed by atoms with Crippen molar-refractivity contribution >= 4 is 0 Å². The fraction of sp³-hybridized carbons (Fsp3) is 0.240. The van der Waals surface area contributed by atoms with Gasteiger partial charge in [0, 0.05) is 11.6 Å². The minimum absolute atomic E-state index is 0.144. The maximum Gasteiger partial charge on any atom is 0.197 e. The Labute approximate surface area is 175 Å². The molecule has 4 aromatic rings. The van der Waals surface area contributed by atoms with Crippen LogP contribution in [-0.2, 0) is 12.0 Å². The number of hydrogen-bond acceptors (Lipinski definition) is 5. The zero-order valence-corrected chi connectivity index (χ0v) is 16.9. The zero-order chi connectivity index (χ0) is 20.4. The molecular formula is C25H23N3O2. The molecule has 5 heteroatoms. The standard InChI is InChI=1S/C25H23N3O2/c1-18-3-5-19(6-4-18)25(12-2-13-25)20-7-9-22(10-8-20)29-16-21-11-14-27-24(28-21)23-15-26-17-30-23/h3-11,14-15,17H,2,12-13,16H2,1H3. The van der Waals surface area contributed by atoms with E-state index in [2.05, 4.69) is 70.4 Å². The molecule has 1 aliphatic rings. The van der Waals surface area contributed by atoms with Crippen molar-refractivity contribution in [2.45, 2.75) is 38.2 Å². The summed E-state index contributed by atoms with van der Waals surface area (Å²) < 4.78 is 11.2. The number of aromatic nitrogens is 3. The minimum atomic E-state index is 0.144. The molecule has 150 valence electrons. The van der Waals surface area contributed by atoms with Crippen LogP contribution in [0, 0.1) is 6.92 Å². The van der Waals surface area contributed by atoms with Crippen molar-refractivity contribution in [1.82, 2.24) is 15.0 Å². The third-order valence-electron chi connectivity index (χ3n) is 5.97. The first kappa shape index (κ1) is 18.6. The number of benzene rings is 2. The molecule has 0 saturated heterocycles. The molecule has 0 unspecified atom stereocenters. The lowest BCUT2D eigenvalue weighted by molar-refractivity contribution is 0.294. The summed E-state index contributed by atoms with van der Waals surface area (Å²) in [5.74, 6) is 1.88. The van der Waals surface area contributed by atoms with Crippen LogP contribution < -0.4 is 4.74 Å². The fourth-order valence-corrected chi connectivity index (χ4v) is 4.10. The lowest BCUT2D eigenvalue weighted by Crippen LogP contribution is -2.35. The number of nitrogens with zero attached hydrogens (tertiary/aromatic N) is 3. The van der Waals surface area contributed by atoms with E-state index in [0.717, 1.165) is 11.4 Å². The Kier molecular flexibility index (Phi) is 4.79. The largest absolute Gasteiger partial charge is 0.487 e. The van der Waals surface area contributed by atoms with Crippen molar-refractivity contribution in [3.8, 4) is 17.3 Å². The summed E-state index contributed by atoms with van der Waals surface area (Å²) in [5, 5.41) is 0. The van der Waals surface area contributed by atoms with Crippen LogP contribution in [0.25, 0.3) is 11.6 Å². The number of hydrogen-bond donors (Lipinski definition) is 0. The highest BCUT2D eigenvalue weighted by atomic mass is 16.5. The second-order valence-electron chi connectivity index (χ2n) is 7.85. The average Bonchev–Trinajstić information content (AvgIpc) is 3.29. The first-order chi connectivity index (χ1) is 14.7. The molecule has 0 bridgehead atoms. The van der Waals surface area contributed by atoms with Gasteiger partial charge in [-0.3, -0.25) is 0 Å². The first-order valence-corrected chi connectivity index (χ1v) is 10.2.